The quantitative estimate of drug-likeness (QED) is 0.441. The average molecular weight is 315 g/mol. The van der Waals surface area contributed by atoms with Crippen LogP contribution >= 0.6 is 0 Å². The van der Waals surface area contributed by atoms with E-state index in [0.29, 0.717) is 0 Å². The molecule has 22 heavy (non-hydrogen) atoms. The molecule has 0 fully saturated rings. The van der Waals surface area contributed by atoms with Gasteiger partial charge in [-0.25, -0.2) is 4.79 Å². The van der Waals surface area contributed by atoms with Gasteiger partial charge in [-0.15, -0.1) is 0 Å². The summed E-state index contributed by atoms with van der Waals surface area (Å²) in [4.78, 5) is 35.5. The minimum absolute atomic E-state index is 0.349. The van der Waals surface area contributed by atoms with E-state index in [1.54, 1.807) is 41.5 Å². The lowest BCUT2D eigenvalue weighted by atomic mass is 9.86. The normalized spacial score (nSPS) is 13.3. The van der Waals surface area contributed by atoms with Crippen molar-refractivity contribution in [2.75, 3.05) is 0 Å². The molecule has 0 aliphatic heterocycles. The van der Waals surface area contributed by atoms with Crippen LogP contribution in [-0.2, 0) is 23.9 Å². The Balaban J connectivity index is 4.87. The van der Waals surface area contributed by atoms with Gasteiger partial charge in [0.05, 0.1) is 11.8 Å². The highest BCUT2D eigenvalue weighted by atomic mass is 16.6. The van der Waals surface area contributed by atoms with Crippen LogP contribution in [0, 0.1) is 5.41 Å². The number of esters is 3. The summed E-state index contributed by atoms with van der Waals surface area (Å²) in [6, 6.07) is -1.17. The minimum Gasteiger partial charge on any atom is -0.460 e. The Morgan fingerprint density at radius 1 is 1.14 bits per heavy atom. The third-order valence-electron chi connectivity index (χ3n) is 2.32. The van der Waals surface area contributed by atoms with Crippen molar-refractivity contribution in [2.45, 2.75) is 66.4 Å². The van der Waals surface area contributed by atoms with Crippen LogP contribution in [0.3, 0.4) is 0 Å². The fourth-order valence-electron chi connectivity index (χ4n) is 1.37. The summed E-state index contributed by atoms with van der Waals surface area (Å²) in [6.07, 6.45) is -0.349. The zero-order valence-electron chi connectivity index (χ0n) is 14.4. The molecule has 0 rings (SSSR count). The molecule has 7 nitrogen and oxygen atoms in total. The molecule has 0 unspecified atom stereocenters. The van der Waals surface area contributed by atoms with Gasteiger partial charge in [-0.3, -0.25) is 9.59 Å². The van der Waals surface area contributed by atoms with E-state index in [4.69, 9.17) is 9.47 Å². The number of hydrogen-bond donors (Lipinski definition) is 2. The first-order valence-corrected chi connectivity index (χ1v) is 7.14. The molecule has 0 aliphatic carbocycles. The van der Waals surface area contributed by atoms with Crippen LogP contribution in [0.5, 0.6) is 0 Å². The first-order chi connectivity index (χ1) is 9.72. The SMILES string of the molecule is CB(O)N[C@@H](CC(=O)OC(C)(C)C)C(=O)OC(=O)C(C)(C)C. The Morgan fingerprint density at radius 3 is 2.00 bits per heavy atom. The second-order valence-electron chi connectivity index (χ2n) is 7.14. The molecule has 0 amide bonds. The maximum atomic E-state index is 12.0. The van der Waals surface area contributed by atoms with Crippen molar-refractivity contribution in [3.8, 4) is 0 Å². The molecule has 0 aliphatic rings. The van der Waals surface area contributed by atoms with E-state index >= 15 is 0 Å². The number of carbonyl (C=O) groups excluding carboxylic acids is 3. The van der Waals surface area contributed by atoms with Gasteiger partial charge in [0.15, 0.2) is 0 Å². The fourth-order valence-corrected chi connectivity index (χ4v) is 1.37. The van der Waals surface area contributed by atoms with E-state index in [1.807, 2.05) is 0 Å². The molecule has 2 N–H and O–H groups in total. The molecule has 0 aromatic rings. The van der Waals surface area contributed by atoms with Crippen molar-refractivity contribution in [2.24, 2.45) is 5.41 Å². The predicted octanol–water partition coefficient (Wildman–Crippen LogP) is 0.903. The average Bonchev–Trinajstić information content (AvgIpc) is 2.23. The maximum Gasteiger partial charge on any atom is 0.374 e. The Bertz CT molecular complexity index is 422. The standard InChI is InChI=1S/C14H26BNO6/c1-13(2,3)12(19)21-11(18)9(16-15(7)20)8-10(17)22-14(4,5)6/h9,16,20H,8H2,1-7H3/t9-/m0/s1. The second-order valence-corrected chi connectivity index (χ2v) is 7.14. The Kier molecular flexibility index (Phi) is 7.24. The Labute approximate surface area is 131 Å². The molecule has 126 valence electrons. The Morgan fingerprint density at radius 2 is 1.64 bits per heavy atom. The van der Waals surface area contributed by atoms with Crippen molar-refractivity contribution in [3.63, 3.8) is 0 Å². The number of rotatable bonds is 5. The molecule has 0 heterocycles. The van der Waals surface area contributed by atoms with Gasteiger partial charge in [-0.2, -0.15) is 0 Å². The summed E-state index contributed by atoms with van der Waals surface area (Å²) in [5.41, 5.74) is -1.55. The van der Waals surface area contributed by atoms with Gasteiger partial charge >= 0.3 is 25.0 Å². The molecular formula is C14H26BNO6. The Hall–Kier alpha value is -1.41. The van der Waals surface area contributed by atoms with Crippen LogP contribution in [0.2, 0.25) is 6.82 Å². The van der Waals surface area contributed by atoms with Crippen molar-refractivity contribution < 1.29 is 28.9 Å². The summed E-state index contributed by atoms with van der Waals surface area (Å²) >= 11 is 0. The first kappa shape index (κ1) is 20.6. The van der Waals surface area contributed by atoms with E-state index in [9.17, 15) is 19.4 Å². The van der Waals surface area contributed by atoms with Crippen LogP contribution in [0.25, 0.3) is 0 Å². The van der Waals surface area contributed by atoms with Crippen LogP contribution in [0.1, 0.15) is 48.0 Å². The summed E-state index contributed by atoms with van der Waals surface area (Å²) in [7, 11) is -1.05. The largest absolute Gasteiger partial charge is 0.460 e. The first-order valence-electron chi connectivity index (χ1n) is 7.14. The predicted molar refractivity (Wildman–Crippen MR) is 81.8 cm³/mol. The summed E-state index contributed by atoms with van der Waals surface area (Å²) in [6.45, 7) is 11.3. The van der Waals surface area contributed by atoms with E-state index < -0.39 is 42.0 Å². The van der Waals surface area contributed by atoms with Gasteiger partial charge in [-0.05, 0) is 48.4 Å². The van der Waals surface area contributed by atoms with E-state index in [0.717, 1.165) is 0 Å². The van der Waals surface area contributed by atoms with Gasteiger partial charge < -0.3 is 19.7 Å². The molecule has 0 radical (unpaired) electrons. The van der Waals surface area contributed by atoms with Crippen LogP contribution in [-0.4, -0.2) is 41.6 Å². The van der Waals surface area contributed by atoms with Crippen LogP contribution in [0.15, 0.2) is 0 Å². The molecule has 0 saturated carbocycles. The third-order valence-corrected chi connectivity index (χ3v) is 2.32. The van der Waals surface area contributed by atoms with Crippen molar-refractivity contribution in [1.82, 2.24) is 5.23 Å². The summed E-state index contributed by atoms with van der Waals surface area (Å²) in [5, 5.41) is 11.8. The smallest absolute Gasteiger partial charge is 0.374 e. The van der Waals surface area contributed by atoms with Gasteiger partial charge in [0.25, 0.3) is 0 Å². The fraction of sp³-hybridized carbons (Fsp3) is 0.786. The van der Waals surface area contributed by atoms with Crippen molar-refractivity contribution in [3.05, 3.63) is 0 Å². The molecule has 0 aromatic carbocycles. The van der Waals surface area contributed by atoms with E-state index in [-0.39, 0.29) is 6.42 Å². The van der Waals surface area contributed by atoms with Gasteiger partial charge in [0.2, 0.25) is 0 Å². The molecule has 0 spiro atoms. The lowest BCUT2D eigenvalue weighted by molar-refractivity contribution is -0.169. The van der Waals surface area contributed by atoms with E-state index in [2.05, 4.69) is 5.23 Å². The van der Waals surface area contributed by atoms with Crippen LogP contribution < -0.4 is 5.23 Å². The highest BCUT2D eigenvalue weighted by Gasteiger charge is 2.32. The van der Waals surface area contributed by atoms with Crippen molar-refractivity contribution >= 4 is 25.0 Å². The van der Waals surface area contributed by atoms with Gasteiger partial charge in [0, 0.05) is 0 Å². The van der Waals surface area contributed by atoms with Crippen molar-refractivity contribution in [1.29, 1.82) is 0 Å². The number of hydrogen-bond acceptors (Lipinski definition) is 7. The zero-order chi connectivity index (χ0) is 17.7. The molecule has 0 aromatic heterocycles. The van der Waals surface area contributed by atoms with Gasteiger partial charge in [0.1, 0.15) is 11.6 Å². The lowest BCUT2D eigenvalue weighted by Crippen LogP contribution is -2.48. The van der Waals surface area contributed by atoms with Crippen LogP contribution in [0.4, 0.5) is 0 Å². The lowest BCUT2D eigenvalue weighted by Gasteiger charge is -2.23. The molecule has 0 bridgehead atoms. The number of nitrogens with one attached hydrogen (secondary N) is 1. The minimum atomic E-state index is -1.17. The number of ether oxygens (including phenoxy) is 2. The molecular weight excluding hydrogens is 289 g/mol. The summed E-state index contributed by atoms with van der Waals surface area (Å²) in [5.74, 6) is -2.27. The molecule has 1 atom stereocenters. The molecule has 0 saturated heterocycles. The van der Waals surface area contributed by atoms with Gasteiger partial charge in [-0.1, -0.05) is 0 Å². The third kappa shape index (κ3) is 8.79. The number of carbonyl (C=O) groups is 3. The summed E-state index contributed by atoms with van der Waals surface area (Å²) < 4.78 is 9.87. The monoisotopic (exact) mass is 315 g/mol. The molecule has 8 heteroatoms. The second kappa shape index (κ2) is 7.74. The highest BCUT2D eigenvalue weighted by Crippen LogP contribution is 2.16. The topological polar surface area (TPSA) is 102 Å². The maximum absolute atomic E-state index is 12.0. The highest BCUT2D eigenvalue weighted by molar-refractivity contribution is 6.46. The zero-order valence-corrected chi connectivity index (χ0v) is 14.4. The van der Waals surface area contributed by atoms with E-state index in [1.165, 1.54) is 6.82 Å².